The number of tetrazole rings is 1. The summed E-state index contributed by atoms with van der Waals surface area (Å²) in [6.45, 7) is 0.900. The van der Waals surface area contributed by atoms with Crippen molar-refractivity contribution in [2.45, 2.75) is 19.0 Å². The Labute approximate surface area is 110 Å². The van der Waals surface area contributed by atoms with E-state index in [9.17, 15) is 0 Å². The van der Waals surface area contributed by atoms with Crippen LogP contribution in [0.5, 0.6) is 0 Å². The van der Waals surface area contributed by atoms with E-state index < -0.39 is 0 Å². The number of H-pyrrole nitrogens is 1. The van der Waals surface area contributed by atoms with Crippen molar-refractivity contribution in [2.75, 3.05) is 11.5 Å². The number of benzene rings is 1. The predicted octanol–water partition coefficient (Wildman–Crippen LogP) is 1.46. The fourth-order valence-electron chi connectivity index (χ4n) is 2.06. The maximum absolute atomic E-state index is 3.99. The van der Waals surface area contributed by atoms with Crippen molar-refractivity contribution in [1.29, 1.82) is 0 Å². The number of hydrogen-bond donors (Lipinski definition) is 2. The number of nitrogens with zero attached hydrogens (tertiary/aromatic N) is 3. The van der Waals surface area contributed by atoms with Crippen molar-refractivity contribution in [2.24, 2.45) is 0 Å². The van der Waals surface area contributed by atoms with Gasteiger partial charge in [0.15, 0.2) is 0 Å². The molecule has 94 valence electrons. The van der Waals surface area contributed by atoms with Crippen LogP contribution in [0.2, 0.25) is 0 Å². The van der Waals surface area contributed by atoms with Crippen molar-refractivity contribution >= 4 is 11.8 Å². The summed E-state index contributed by atoms with van der Waals surface area (Å²) in [6, 6.07) is 8.92. The lowest BCUT2D eigenvalue weighted by molar-refractivity contribution is 0.558. The lowest BCUT2D eigenvalue weighted by atomic mass is 10.1. The van der Waals surface area contributed by atoms with E-state index in [0.29, 0.717) is 11.9 Å². The zero-order chi connectivity index (χ0) is 12.2. The average Bonchev–Trinajstić information content (AvgIpc) is 3.10. The van der Waals surface area contributed by atoms with Gasteiger partial charge in [0, 0.05) is 23.9 Å². The van der Waals surface area contributed by atoms with Crippen molar-refractivity contribution in [3.8, 4) is 11.4 Å². The van der Waals surface area contributed by atoms with Gasteiger partial charge in [-0.05, 0) is 29.0 Å². The number of aromatic amines is 1. The van der Waals surface area contributed by atoms with E-state index in [1.54, 1.807) is 0 Å². The third-order valence-corrected chi connectivity index (χ3v) is 4.22. The summed E-state index contributed by atoms with van der Waals surface area (Å²) < 4.78 is 0. The van der Waals surface area contributed by atoms with Crippen LogP contribution in [0.3, 0.4) is 0 Å². The summed E-state index contributed by atoms with van der Waals surface area (Å²) in [5, 5.41) is 17.6. The second-order valence-electron chi connectivity index (χ2n) is 4.38. The first-order chi connectivity index (χ1) is 8.92. The first-order valence-corrected chi connectivity index (χ1v) is 7.21. The number of hydrogen-bond acceptors (Lipinski definition) is 5. The molecule has 0 saturated carbocycles. The van der Waals surface area contributed by atoms with Crippen LogP contribution >= 0.6 is 11.8 Å². The van der Waals surface area contributed by atoms with Crippen LogP contribution < -0.4 is 5.32 Å². The monoisotopic (exact) mass is 261 g/mol. The Hall–Kier alpha value is -1.40. The number of aromatic nitrogens is 4. The van der Waals surface area contributed by atoms with E-state index >= 15 is 0 Å². The molecule has 0 bridgehead atoms. The van der Waals surface area contributed by atoms with Gasteiger partial charge < -0.3 is 5.32 Å². The van der Waals surface area contributed by atoms with Crippen molar-refractivity contribution in [3.05, 3.63) is 29.8 Å². The number of thioether (sulfide) groups is 1. The van der Waals surface area contributed by atoms with Gasteiger partial charge in [-0.2, -0.15) is 17.0 Å². The van der Waals surface area contributed by atoms with Crippen LogP contribution in [-0.4, -0.2) is 38.2 Å². The first kappa shape index (κ1) is 11.7. The summed E-state index contributed by atoms with van der Waals surface area (Å²) in [5.74, 6) is 3.15. The molecule has 1 aromatic carbocycles. The third kappa shape index (κ3) is 2.70. The molecule has 2 heterocycles. The maximum atomic E-state index is 3.99. The van der Waals surface area contributed by atoms with Crippen molar-refractivity contribution in [3.63, 3.8) is 0 Å². The highest BCUT2D eigenvalue weighted by Crippen LogP contribution is 2.18. The second-order valence-corrected chi connectivity index (χ2v) is 5.53. The van der Waals surface area contributed by atoms with Crippen LogP contribution in [0.25, 0.3) is 11.4 Å². The van der Waals surface area contributed by atoms with Gasteiger partial charge in [-0.15, -0.1) is 10.2 Å². The highest BCUT2D eigenvalue weighted by atomic mass is 32.2. The predicted molar refractivity (Wildman–Crippen MR) is 72.2 cm³/mol. The molecule has 0 aliphatic carbocycles. The smallest absolute Gasteiger partial charge is 0.204 e. The molecular formula is C12H15N5S. The Morgan fingerprint density at radius 1 is 1.44 bits per heavy atom. The Balaban J connectivity index is 1.67. The van der Waals surface area contributed by atoms with E-state index in [2.05, 4.69) is 38.1 Å². The standard InChI is InChI=1S/C12H15N5S/c1-2-9(7-13-11-4-5-18-8-11)6-10(3-1)12-14-16-17-15-12/h1-3,6,11,13H,4-5,7-8H2,(H,14,15,16,17)/t11-/m1/s1. The fourth-order valence-corrected chi connectivity index (χ4v) is 3.25. The van der Waals surface area contributed by atoms with Gasteiger partial charge in [-0.1, -0.05) is 18.2 Å². The molecule has 0 radical (unpaired) electrons. The maximum Gasteiger partial charge on any atom is 0.204 e. The van der Waals surface area contributed by atoms with E-state index in [1.807, 2.05) is 23.9 Å². The van der Waals surface area contributed by atoms with Gasteiger partial charge in [0.25, 0.3) is 0 Å². The van der Waals surface area contributed by atoms with Gasteiger partial charge in [-0.25, -0.2) is 0 Å². The summed E-state index contributed by atoms with van der Waals surface area (Å²) in [4.78, 5) is 0. The molecule has 1 saturated heterocycles. The number of rotatable bonds is 4. The molecule has 1 aliphatic heterocycles. The lowest BCUT2D eigenvalue weighted by Crippen LogP contribution is -2.27. The molecule has 18 heavy (non-hydrogen) atoms. The Morgan fingerprint density at radius 2 is 2.44 bits per heavy atom. The molecule has 2 N–H and O–H groups in total. The van der Waals surface area contributed by atoms with E-state index in [4.69, 9.17) is 0 Å². The highest BCUT2D eigenvalue weighted by molar-refractivity contribution is 7.99. The van der Waals surface area contributed by atoms with E-state index in [0.717, 1.165) is 12.1 Å². The van der Waals surface area contributed by atoms with E-state index in [-0.39, 0.29) is 0 Å². The SMILES string of the molecule is c1cc(CN[C@@H]2CCSC2)cc(-c2nn[nH]n2)c1. The van der Waals surface area contributed by atoms with Crippen LogP contribution in [0.1, 0.15) is 12.0 Å². The van der Waals surface area contributed by atoms with Gasteiger partial charge in [-0.3, -0.25) is 0 Å². The molecular weight excluding hydrogens is 246 g/mol. The second kappa shape index (κ2) is 5.49. The zero-order valence-electron chi connectivity index (χ0n) is 9.97. The summed E-state index contributed by atoms with van der Waals surface area (Å²) in [7, 11) is 0. The summed E-state index contributed by atoms with van der Waals surface area (Å²) in [5.41, 5.74) is 2.26. The molecule has 6 heteroatoms. The molecule has 2 aromatic rings. The van der Waals surface area contributed by atoms with E-state index in [1.165, 1.54) is 23.5 Å². The minimum atomic E-state index is 0.647. The molecule has 1 aromatic heterocycles. The molecule has 0 amide bonds. The van der Waals surface area contributed by atoms with Gasteiger partial charge >= 0.3 is 0 Å². The summed E-state index contributed by atoms with van der Waals surface area (Å²) >= 11 is 2.02. The Bertz CT molecular complexity index is 493. The lowest BCUT2D eigenvalue weighted by Gasteiger charge is -2.11. The molecule has 3 rings (SSSR count). The van der Waals surface area contributed by atoms with Crippen molar-refractivity contribution in [1.82, 2.24) is 25.9 Å². The molecule has 0 spiro atoms. The van der Waals surface area contributed by atoms with Crippen molar-refractivity contribution < 1.29 is 0 Å². The molecule has 1 fully saturated rings. The highest BCUT2D eigenvalue weighted by Gasteiger charge is 2.14. The molecule has 5 nitrogen and oxygen atoms in total. The van der Waals surface area contributed by atoms with Gasteiger partial charge in [0.1, 0.15) is 0 Å². The normalized spacial score (nSPS) is 19.2. The zero-order valence-corrected chi connectivity index (χ0v) is 10.8. The first-order valence-electron chi connectivity index (χ1n) is 6.06. The van der Waals surface area contributed by atoms with Crippen LogP contribution in [0.4, 0.5) is 0 Å². The van der Waals surface area contributed by atoms with Gasteiger partial charge in [0.05, 0.1) is 0 Å². The molecule has 1 aliphatic rings. The fraction of sp³-hybridized carbons (Fsp3) is 0.417. The molecule has 0 unspecified atom stereocenters. The Morgan fingerprint density at radius 3 is 3.22 bits per heavy atom. The molecule has 1 atom stereocenters. The topological polar surface area (TPSA) is 66.5 Å². The minimum Gasteiger partial charge on any atom is -0.309 e. The third-order valence-electron chi connectivity index (χ3n) is 3.06. The van der Waals surface area contributed by atoms with Crippen LogP contribution in [0, 0.1) is 0 Å². The minimum absolute atomic E-state index is 0.647. The van der Waals surface area contributed by atoms with Crippen LogP contribution in [-0.2, 0) is 6.54 Å². The summed E-state index contributed by atoms with van der Waals surface area (Å²) in [6.07, 6.45) is 1.27. The quantitative estimate of drug-likeness (QED) is 0.872. The average molecular weight is 261 g/mol. The van der Waals surface area contributed by atoms with Gasteiger partial charge in [0.2, 0.25) is 5.82 Å². The Kier molecular flexibility index (Phi) is 3.56. The van der Waals surface area contributed by atoms with Crippen LogP contribution in [0.15, 0.2) is 24.3 Å². The largest absolute Gasteiger partial charge is 0.309 e. The number of nitrogens with one attached hydrogen (secondary N) is 2.